The van der Waals surface area contributed by atoms with Crippen LogP contribution in [0, 0.1) is 17.2 Å². The summed E-state index contributed by atoms with van der Waals surface area (Å²) >= 11 is 0. The molecule has 148 valence electrons. The third kappa shape index (κ3) is 7.57. The average molecular weight is 375 g/mol. The number of carbonyl (C=O) groups is 2. The van der Waals surface area contributed by atoms with Gasteiger partial charge in [-0.3, -0.25) is 4.79 Å². The first kappa shape index (κ1) is 22.3. The fraction of sp³-hybridized carbons (Fsp3) is 0.550. The van der Waals surface area contributed by atoms with Gasteiger partial charge in [-0.25, -0.2) is 4.79 Å². The Labute approximate surface area is 161 Å². The quantitative estimate of drug-likeness (QED) is 0.761. The first-order chi connectivity index (χ1) is 12.6. The van der Waals surface area contributed by atoms with E-state index in [4.69, 9.17) is 9.47 Å². The predicted octanol–water partition coefficient (Wildman–Crippen LogP) is 3.32. The molecule has 0 aliphatic rings. The van der Waals surface area contributed by atoms with Crippen molar-refractivity contribution in [1.82, 2.24) is 10.6 Å². The number of amides is 2. The number of benzene rings is 1. The molecule has 0 heterocycles. The molecule has 1 aromatic carbocycles. The highest BCUT2D eigenvalue weighted by atomic mass is 16.6. The molecule has 0 aromatic heterocycles. The van der Waals surface area contributed by atoms with E-state index in [2.05, 4.69) is 16.7 Å². The Morgan fingerprint density at radius 1 is 1.19 bits per heavy atom. The van der Waals surface area contributed by atoms with Crippen molar-refractivity contribution in [3.63, 3.8) is 0 Å². The maximum Gasteiger partial charge on any atom is 0.408 e. The molecule has 0 spiro atoms. The van der Waals surface area contributed by atoms with E-state index < -0.39 is 29.7 Å². The van der Waals surface area contributed by atoms with Gasteiger partial charge in [-0.15, -0.1) is 0 Å². The van der Waals surface area contributed by atoms with Gasteiger partial charge in [0, 0.05) is 5.56 Å². The number of ether oxygens (including phenoxy) is 2. The van der Waals surface area contributed by atoms with Crippen molar-refractivity contribution in [2.75, 3.05) is 7.11 Å². The Bertz CT molecular complexity index is 689. The van der Waals surface area contributed by atoms with E-state index in [0.717, 1.165) is 0 Å². The van der Waals surface area contributed by atoms with Crippen molar-refractivity contribution in [3.8, 4) is 11.8 Å². The molecule has 2 N–H and O–H groups in total. The predicted molar refractivity (Wildman–Crippen MR) is 102 cm³/mol. The largest absolute Gasteiger partial charge is 0.496 e. The van der Waals surface area contributed by atoms with E-state index in [1.54, 1.807) is 45.0 Å². The molecule has 0 aliphatic carbocycles. The van der Waals surface area contributed by atoms with Crippen LogP contribution in [-0.2, 0) is 9.53 Å². The Morgan fingerprint density at radius 3 is 2.33 bits per heavy atom. The summed E-state index contributed by atoms with van der Waals surface area (Å²) in [6, 6.07) is 7.33. The summed E-state index contributed by atoms with van der Waals surface area (Å²) < 4.78 is 10.5. The standard InChI is InChI=1S/C20H29N3O4/c1-13(2)11-15(23-19(25)27-20(3,4)5)18(24)22-16(12-21)14-9-7-8-10-17(14)26-6/h7-10,13,15-16H,11H2,1-6H3,(H,22,24)(H,23,25)/t15-,16?/m0/s1. The number of nitriles is 1. The van der Waals surface area contributed by atoms with Crippen LogP contribution in [0.4, 0.5) is 4.79 Å². The van der Waals surface area contributed by atoms with Gasteiger partial charge in [0.05, 0.1) is 13.2 Å². The Kier molecular flexibility index (Phi) is 8.10. The van der Waals surface area contributed by atoms with E-state index >= 15 is 0 Å². The topological polar surface area (TPSA) is 100 Å². The molecule has 0 bridgehead atoms. The third-order valence-corrected chi connectivity index (χ3v) is 3.58. The number of rotatable bonds is 7. The Morgan fingerprint density at radius 2 is 1.81 bits per heavy atom. The average Bonchev–Trinajstić information content (AvgIpc) is 2.56. The number of nitrogens with zero attached hydrogens (tertiary/aromatic N) is 1. The van der Waals surface area contributed by atoms with Crippen molar-refractivity contribution in [1.29, 1.82) is 5.26 Å². The molecule has 0 radical (unpaired) electrons. The van der Waals surface area contributed by atoms with Crippen LogP contribution in [0.25, 0.3) is 0 Å². The van der Waals surface area contributed by atoms with E-state index in [1.807, 2.05) is 13.8 Å². The van der Waals surface area contributed by atoms with Gasteiger partial charge in [-0.2, -0.15) is 5.26 Å². The maximum absolute atomic E-state index is 12.7. The summed E-state index contributed by atoms with van der Waals surface area (Å²) in [5.74, 6) is 0.208. The minimum atomic E-state index is -0.899. The van der Waals surface area contributed by atoms with E-state index in [-0.39, 0.29) is 5.92 Å². The van der Waals surface area contributed by atoms with Crippen molar-refractivity contribution in [2.24, 2.45) is 5.92 Å². The molecule has 2 amide bonds. The van der Waals surface area contributed by atoms with Gasteiger partial charge in [0.15, 0.2) is 0 Å². The second kappa shape index (κ2) is 9.81. The summed E-state index contributed by atoms with van der Waals surface area (Å²) in [5.41, 5.74) is -0.119. The first-order valence-electron chi connectivity index (χ1n) is 8.89. The zero-order valence-corrected chi connectivity index (χ0v) is 16.8. The summed E-state index contributed by atoms with van der Waals surface area (Å²) in [5, 5.41) is 14.8. The molecule has 7 heteroatoms. The molecule has 2 atom stereocenters. The lowest BCUT2D eigenvalue weighted by Gasteiger charge is -2.25. The fourth-order valence-corrected chi connectivity index (χ4v) is 2.48. The molecule has 0 saturated carbocycles. The van der Waals surface area contributed by atoms with Crippen molar-refractivity contribution < 1.29 is 19.1 Å². The number of para-hydroxylation sites is 1. The molecule has 27 heavy (non-hydrogen) atoms. The number of hydrogen-bond donors (Lipinski definition) is 2. The van der Waals surface area contributed by atoms with Crippen molar-refractivity contribution in [3.05, 3.63) is 29.8 Å². The van der Waals surface area contributed by atoms with E-state index in [0.29, 0.717) is 17.7 Å². The molecule has 1 aromatic rings. The van der Waals surface area contributed by atoms with Crippen LogP contribution in [0.3, 0.4) is 0 Å². The van der Waals surface area contributed by atoms with Crippen LogP contribution in [0.1, 0.15) is 52.6 Å². The highest BCUT2D eigenvalue weighted by molar-refractivity contribution is 5.86. The lowest BCUT2D eigenvalue weighted by molar-refractivity contribution is -0.124. The van der Waals surface area contributed by atoms with Gasteiger partial charge in [-0.05, 0) is 39.2 Å². The normalized spacial score (nSPS) is 13.3. The van der Waals surface area contributed by atoms with Crippen LogP contribution >= 0.6 is 0 Å². The van der Waals surface area contributed by atoms with Crippen molar-refractivity contribution in [2.45, 2.75) is 58.7 Å². The molecule has 1 rings (SSSR count). The number of methoxy groups -OCH3 is 1. The van der Waals surface area contributed by atoms with Crippen LogP contribution in [0.2, 0.25) is 0 Å². The van der Waals surface area contributed by atoms with Gasteiger partial charge in [-0.1, -0.05) is 32.0 Å². The molecule has 0 aliphatic heterocycles. The van der Waals surface area contributed by atoms with Gasteiger partial charge in [0.1, 0.15) is 23.4 Å². The molecule has 0 fully saturated rings. The highest BCUT2D eigenvalue weighted by Gasteiger charge is 2.27. The van der Waals surface area contributed by atoms with E-state index in [1.165, 1.54) is 7.11 Å². The number of hydrogen-bond acceptors (Lipinski definition) is 5. The summed E-state index contributed by atoms with van der Waals surface area (Å²) in [6.07, 6.45) is -0.260. The van der Waals surface area contributed by atoms with Crippen LogP contribution in [-0.4, -0.2) is 30.8 Å². The molecular formula is C20H29N3O4. The van der Waals surface area contributed by atoms with Crippen LogP contribution in [0.15, 0.2) is 24.3 Å². The molecule has 0 saturated heterocycles. The van der Waals surface area contributed by atoms with Crippen molar-refractivity contribution >= 4 is 12.0 Å². The minimum Gasteiger partial charge on any atom is -0.496 e. The van der Waals surface area contributed by atoms with Gasteiger partial charge in [0.25, 0.3) is 0 Å². The van der Waals surface area contributed by atoms with Gasteiger partial charge < -0.3 is 20.1 Å². The lowest BCUT2D eigenvalue weighted by Crippen LogP contribution is -2.49. The fourth-order valence-electron chi connectivity index (χ4n) is 2.48. The Balaban J connectivity index is 2.94. The summed E-state index contributed by atoms with van der Waals surface area (Å²) in [7, 11) is 1.50. The number of nitrogens with one attached hydrogen (secondary N) is 2. The SMILES string of the molecule is COc1ccccc1C(C#N)NC(=O)[C@H](CC(C)C)NC(=O)OC(C)(C)C. The summed E-state index contributed by atoms with van der Waals surface area (Å²) in [4.78, 5) is 24.8. The molecular weight excluding hydrogens is 346 g/mol. The number of alkyl carbamates (subject to hydrolysis) is 1. The summed E-state index contributed by atoms with van der Waals surface area (Å²) in [6.45, 7) is 9.13. The minimum absolute atomic E-state index is 0.155. The van der Waals surface area contributed by atoms with Crippen LogP contribution < -0.4 is 15.4 Å². The lowest BCUT2D eigenvalue weighted by atomic mass is 10.0. The monoisotopic (exact) mass is 375 g/mol. The smallest absolute Gasteiger partial charge is 0.408 e. The van der Waals surface area contributed by atoms with Gasteiger partial charge in [0.2, 0.25) is 5.91 Å². The zero-order valence-electron chi connectivity index (χ0n) is 16.8. The maximum atomic E-state index is 12.7. The zero-order chi connectivity index (χ0) is 20.6. The van der Waals surface area contributed by atoms with Gasteiger partial charge >= 0.3 is 6.09 Å². The second-order valence-corrected chi connectivity index (χ2v) is 7.64. The Hall–Kier alpha value is -2.75. The first-order valence-corrected chi connectivity index (χ1v) is 8.89. The second-order valence-electron chi connectivity index (χ2n) is 7.64. The van der Waals surface area contributed by atoms with Crippen LogP contribution in [0.5, 0.6) is 5.75 Å². The molecule has 7 nitrogen and oxygen atoms in total. The molecule has 1 unspecified atom stereocenters. The van der Waals surface area contributed by atoms with E-state index in [9.17, 15) is 14.9 Å². The highest BCUT2D eigenvalue weighted by Crippen LogP contribution is 2.24. The number of carbonyl (C=O) groups excluding carboxylic acids is 2. The third-order valence-electron chi connectivity index (χ3n) is 3.58.